The van der Waals surface area contributed by atoms with E-state index >= 15 is 0 Å². The summed E-state index contributed by atoms with van der Waals surface area (Å²) in [6, 6.07) is 1.78. The van der Waals surface area contributed by atoms with Crippen molar-refractivity contribution >= 4 is 11.3 Å². The zero-order valence-electron chi connectivity index (χ0n) is 7.55. The van der Waals surface area contributed by atoms with Crippen LogP contribution in [0.5, 0.6) is 5.75 Å². The summed E-state index contributed by atoms with van der Waals surface area (Å²) in [5.41, 5.74) is 0. The van der Waals surface area contributed by atoms with E-state index in [1.165, 1.54) is 25.7 Å². The summed E-state index contributed by atoms with van der Waals surface area (Å²) in [5, 5.41) is 11.3. The Bertz CT molecular complexity index is 217. The van der Waals surface area contributed by atoms with E-state index in [2.05, 4.69) is 6.92 Å². The normalized spacial score (nSPS) is 10.4. The molecule has 1 N–H and O–H groups in total. The van der Waals surface area contributed by atoms with E-state index in [1.807, 2.05) is 5.38 Å². The molecule has 1 aromatic heterocycles. The lowest BCUT2D eigenvalue weighted by molar-refractivity contribution is 0.470. The summed E-state index contributed by atoms with van der Waals surface area (Å²) >= 11 is 1.66. The molecule has 12 heavy (non-hydrogen) atoms. The molecule has 0 unspecified atom stereocenters. The summed E-state index contributed by atoms with van der Waals surface area (Å²) in [7, 11) is 0. The van der Waals surface area contributed by atoms with Gasteiger partial charge in [-0.25, -0.2) is 0 Å². The van der Waals surface area contributed by atoms with Gasteiger partial charge in [0.15, 0.2) is 0 Å². The first-order valence-corrected chi connectivity index (χ1v) is 5.48. The molecule has 2 heteroatoms. The van der Waals surface area contributed by atoms with E-state index in [0.29, 0.717) is 5.75 Å². The van der Waals surface area contributed by atoms with Crippen molar-refractivity contribution < 1.29 is 5.11 Å². The summed E-state index contributed by atoms with van der Waals surface area (Å²) in [6.45, 7) is 2.21. The van der Waals surface area contributed by atoms with Crippen molar-refractivity contribution in [3.63, 3.8) is 0 Å². The van der Waals surface area contributed by atoms with Crippen molar-refractivity contribution in [1.29, 1.82) is 0 Å². The van der Waals surface area contributed by atoms with Crippen LogP contribution < -0.4 is 0 Å². The quantitative estimate of drug-likeness (QED) is 0.693. The third kappa shape index (κ3) is 2.86. The number of thiophene rings is 1. The fraction of sp³-hybridized carbons (Fsp3) is 0.600. The van der Waals surface area contributed by atoms with E-state index in [-0.39, 0.29) is 0 Å². The molecular weight excluding hydrogens is 168 g/mol. The van der Waals surface area contributed by atoms with E-state index in [1.54, 1.807) is 17.4 Å². The molecule has 68 valence electrons. The van der Waals surface area contributed by atoms with Crippen LogP contribution >= 0.6 is 11.3 Å². The van der Waals surface area contributed by atoms with Gasteiger partial charge in [0.25, 0.3) is 0 Å². The van der Waals surface area contributed by atoms with Gasteiger partial charge >= 0.3 is 0 Å². The van der Waals surface area contributed by atoms with E-state index in [4.69, 9.17) is 0 Å². The highest BCUT2D eigenvalue weighted by Crippen LogP contribution is 2.24. The lowest BCUT2D eigenvalue weighted by atomic mass is 10.1. The number of aryl methyl sites for hydroxylation is 1. The van der Waals surface area contributed by atoms with Crippen LogP contribution in [0.3, 0.4) is 0 Å². The Morgan fingerprint density at radius 3 is 2.75 bits per heavy atom. The first-order chi connectivity index (χ1) is 5.84. The smallest absolute Gasteiger partial charge is 0.129 e. The highest BCUT2D eigenvalue weighted by Gasteiger charge is 2.00. The predicted molar refractivity (Wildman–Crippen MR) is 53.8 cm³/mol. The minimum absolute atomic E-state index is 0.483. The van der Waals surface area contributed by atoms with Crippen molar-refractivity contribution in [3.05, 3.63) is 16.3 Å². The molecule has 0 atom stereocenters. The standard InChI is InChI=1S/C10H16OS/c1-2-3-4-5-6-10-9(11)7-8-12-10/h7-8,11H,2-6H2,1H3. The van der Waals surface area contributed by atoms with Crippen LogP contribution in [0.25, 0.3) is 0 Å². The van der Waals surface area contributed by atoms with Gasteiger partial charge < -0.3 is 5.11 Å². The number of hydrogen-bond donors (Lipinski definition) is 1. The lowest BCUT2D eigenvalue weighted by Gasteiger charge is -1.97. The maximum absolute atomic E-state index is 9.32. The second-order valence-corrected chi connectivity index (χ2v) is 4.04. The van der Waals surface area contributed by atoms with E-state index in [9.17, 15) is 5.11 Å². The van der Waals surface area contributed by atoms with Gasteiger partial charge in [0.05, 0.1) is 0 Å². The Balaban J connectivity index is 2.20. The maximum atomic E-state index is 9.32. The largest absolute Gasteiger partial charge is 0.507 e. The highest BCUT2D eigenvalue weighted by atomic mass is 32.1. The molecular formula is C10H16OS. The molecule has 0 aliphatic carbocycles. The second-order valence-electron chi connectivity index (χ2n) is 3.04. The first-order valence-electron chi connectivity index (χ1n) is 4.60. The summed E-state index contributed by atoms with van der Waals surface area (Å²) in [4.78, 5) is 1.14. The molecule has 0 saturated carbocycles. The van der Waals surface area contributed by atoms with Crippen molar-refractivity contribution in [2.75, 3.05) is 0 Å². The molecule has 0 aliphatic heterocycles. The minimum Gasteiger partial charge on any atom is -0.507 e. The molecule has 0 amide bonds. The molecule has 1 aromatic rings. The van der Waals surface area contributed by atoms with Crippen LogP contribution in [0.15, 0.2) is 11.4 Å². The zero-order chi connectivity index (χ0) is 8.81. The van der Waals surface area contributed by atoms with Crippen molar-refractivity contribution in [3.8, 4) is 5.75 Å². The lowest BCUT2D eigenvalue weighted by Crippen LogP contribution is -1.81. The maximum Gasteiger partial charge on any atom is 0.129 e. The molecule has 0 bridgehead atoms. The van der Waals surface area contributed by atoms with Crippen LogP contribution in [0, 0.1) is 0 Å². The van der Waals surface area contributed by atoms with Gasteiger partial charge in [-0.3, -0.25) is 0 Å². The van der Waals surface area contributed by atoms with Crippen molar-refractivity contribution in [1.82, 2.24) is 0 Å². The topological polar surface area (TPSA) is 20.2 Å². The molecule has 0 aromatic carbocycles. The Morgan fingerprint density at radius 2 is 2.17 bits per heavy atom. The number of aromatic hydroxyl groups is 1. The van der Waals surface area contributed by atoms with Crippen LogP contribution in [0.1, 0.15) is 37.5 Å². The van der Waals surface area contributed by atoms with Crippen molar-refractivity contribution in [2.24, 2.45) is 0 Å². The average molecular weight is 184 g/mol. The molecule has 0 spiro atoms. The number of rotatable bonds is 5. The van der Waals surface area contributed by atoms with Gasteiger partial charge in [-0.05, 0) is 24.3 Å². The van der Waals surface area contributed by atoms with Crippen LogP contribution in [0.2, 0.25) is 0 Å². The van der Waals surface area contributed by atoms with Gasteiger partial charge in [0.1, 0.15) is 5.75 Å². The van der Waals surface area contributed by atoms with Gasteiger partial charge in [0.2, 0.25) is 0 Å². The third-order valence-corrected chi connectivity index (χ3v) is 2.95. The molecule has 1 nitrogen and oxygen atoms in total. The van der Waals surface area contributed by atoms with Gasteiger partial charge in [0, 0.05) is 4.88 Å². The SMILES string of the molecule is CCCCCCc1sccc1O. The van der Waals surface area contributed by atoms with Gasteiger partial charge in [-0.1, -0.05) is 26.2 Å². The van der Waals surface area contributed by atoms with Gasteiger partial charge in [-0.2, -0.15) is 0 Å². The Morgan fingerprint density at radius 1 is 1.33 bits per heavy atom. The first kappa shape index (κ1) is 9.59. The van der Waals surface area contributed by atoms with Gasteiger partial charge in [-0.15, -0.1) is 11.3 Å². The molecule has 0 saturated heterocycles. The Labute approximate surface area is 78.1 Å². The van der Waals surface area contributed by atoms with E-state index < -0.39 is 0 Å². The summed E-state index contributed by atoms with van der Waals surface area (Å²) in [6.07, 6.45) is 6.13. The highest BCUT2D eigenvalue weighted by molar-refractivity contribution is 7.10. The molecule has 0 fully saturated rings. The fourth-order valence-electron chi connectivity index (χ4n) is 1.23. The summed E-state index contributed by atoms with van der Waals surface area (Å²) in [5.74, 6) is 0.483. The molecule has 0 radical (unpaired) electrons. The molecule has 0 aliphatic rings. The van der Waals surface area contributed by atoms with Crippen LogP contribution in [-0.2, 0) is 6.42 Å². The van der Waals surface area contributed by atoms with E-state index in [0.717, 1.165) is 11.3 Å². The third-order valence-electron chi connectivity index (χ3n) is 1.98. The zero-order valence-corrected chi connectivity index (χ0v) is 8.36. The number of hydrogen-bond acceptors (Lipinski definition) is 2. The van der Waals surface area contributed by atoms with Crippen LogP contribution in [-0.4, -0.2) is 5.11 Å². The minimum atomic E-state index is 0.483. The average Bonchev–Trinajstić information content (AvgIpc) is 2.46. The molecule has 1 rings (SSSR count). The second kappa shape index (κ2) is 5.20. The Hall–Kier alpha value is -0.500. The molecule has 1 heterocycles. The predicted octanol–water partition coefficient (Wildman–Crippen LogP) is 3.58. The summed E-state index contributed by atoms with van der Waals surface area (Å²) < 4.78 is 0. The monoisotopic (exact) mass is 184 g/mol. The van der Waals surface area contributed by atoms with Crippen LogP contribution in [0.4, 0.5) is 0 Å². The number of unbranched alkanes of at least 4 members (excludes halogenated alkanes) is 3. The Kier molecular flexibility index (Phi) is 4.15. The fourth-order valence-corrected chi connectivity index (χ4v) is 2.05. The van der Waals surface area contributed by atoms with Crippen molar-refractivity contribution in [2.45, 2.75) is 39.0 Å².